The molecule has 0 saturated carbocycles. The van der Waals surface area contributed by atoms with E-state index in [9.17, 15) is 0 Å². The van der Waals surface area contributed by atoms with Crippen molar-refractivity contribution in [2.24, 2.45) is 5.10 Å². The maximum absolute atomic E-state index is 4.67. The first-order valence-corrected chi connectivity index (χ1v) is 8.65. The van der Waals surface area contributed by atoms with Crippen LogP contribution in [0.1, 0.15) is 32.2 Å². The zero-order chi connectivity index (χ0) is 15.6. The first-order chi connectivity index (χ1) is 9.28. The van der Waals surface area contributed by atoms with Gasteiger partial charge in [-0.3, -0.25) is 10.3 Å². The van der Waals surface area contributed by atoms with E-state index in [1.807, 2.05) is 45.9 Å². The SMILES string of the molecule is Cc1cccc(C=N[N-]C(=[SH+])NC(C)(C)C)n1.[Cl][Cu][Cl]. The summed E-state index contributed by atoms with van der Waals surface area (Å²) in [5.41, 5.74) is 5.60. The molecule has 4 nitrogen and oxygen atoms in total. The molecule has 117 valence electrons. The van der Waals surface area contributed by atoms with Crippen molar-refractivity contribution in [3.05, 3.63) is 35.0 Å². The number of nitrogens with one attached hydrogen (secondary N) is 1. The number of pyridine rings is 1. The number of rotatable bonds is 2. The Labute approximate surface area is 140 Å². The van der Waals surface area contributed by atoms with Crippen molar-refractivity contribution < 1.29 is 13.1 Å². The summed E-state index contributed by atoms with van der Waals surface area (Å²) in [4.78, 5) is 4.28. The number of hydrogen-bond donors (Lipinski definition) is 1. The zero-order valence-electron chi connectivity index (χ0n) is 11.7. The molecule has 1 heterocycles. The monoisotopic (exact) mass is 383 g/mol. The molecule has 0 bridgehead atoms. The Hall–Kier alpha value is -0.231. The summed E-state index contributed by atoms with van der Waals surface area (Å²) in [6, 6.07) is 5.75. The van der Waals surface area contributed by atoms with Gasteiger partial charge in [-0.15, -0.1) is 0 Å². The average molecular weight is 385 g/mol. The summed E-state index contributed by atoms with van der Waals surface area (Å²) in [5, 5.41) is 7.51. The van der Waals surface area contributed by atoms with Crippen LogP contribution in [0.3, 0.4) is 0 Å². The number of nitrogens with zero attached hydrogens (tertiary/aromatic N) is 3. The molecule has 20 heavy (non-hydrogen) atoms. The van der Waals surface area contributed by atoms with Gasteiger partial charge >= 0.3 is 33.3 Å². The Morgan fingerprint density at radius 3 is 2.55 bits per heavy atom. The van der Waals surface area contributed by atoms with Gasteiger partial charge < -0.3 is 10.5 Å². The molecule has 1 rings (SSSR count). The molecule has 0 radical (unpaired) electrons. The minimum atomic E-state index is -0.0717. The van der Waals surface area contributed by atoms with Gasteiger partial charge in [-0.25, -0.2) is 0 Å². The van der Waals surface area contributed by atoms with Gasteiger partial charge in [0.25, 0.3) is 0 Å². The molecule has 0 saturated heterocycles. The predicted octanol–water partition coefficient (Wildman–Crippen LogP) is 3.23. The quantitative estimate of drug-likeness (QED) is 0.212. The van der Waals surface area contributed by atoms with E-state index in [1.54, 1.807) is 6.21 Å². The van der Waals surface area contributed by atoms with E-state index in [0.717, 1.165) is 24.5 Å². The van der Waals surface area contributed by atoms with E-state index in [2.05, 4.69) is 53.2 Å². The minimum absolute atomic E-state index is 0.0717. The van der Waals surface area contributed by atoms with Crippen molar-refractivity contribution in [2.45, 2.75) is 33.2 Å². The van der Waals surface area contributed by atoms with Crippen molar-refractivity contribution >= 4 is 43.7 Å². The normalized spacial score (nSPS) is 11.1. The molecule has 0 fully saturated rings. The number of aromatic nitrogens is 1. The number of thiol groups is 1. The molecular weight excluding hydrogens is 367 g/mol. The molecule has 1 N–H and O–H groups in total. The maximum atomic E-state index is 4.67. The van der Waals surface area contributed by atoms with Crippen LogP contribution in [0.15, 0.2) is 23.3 Å². The summed E-state index contributed by atoms with van der Waals surface area (Å²) in [5.74, 6) is 0. The molecule has 1 aromatic heterocycles. The topological polar surface area (TPSA) is 51.4 Å². The van der Waals surface area contributed by atoms with Crippen LogP contribution < -0.4 is 5.32 Å². The molecule has 0 atom stereocenters. The summed E-state index contributed by atoms with van der Waals surface area (Å²) in [6.45, 7) is 8.03. The first-order valence-electron chi connectivity index (χ1n) is 5.61. The van der Waals surface area contributed by atoms with Gasteiger partial charge in [0.1, 0.15) is 0 Å². The number of halogens is 2. The van der Waals surface area contributed by atoms with E-state index in [1.165, 1.54) is 0 Å². The fourth-order valence-electron chi connectivity index (χ4n) is 1.14. The molecule has 0 spiro atoms. The summed E-state index contributed by atoms with van der Waals surface area (Å²) < 4.78 is 0. The second kappa shape index (κ2) is 10.5. The molecule has 0 aliphatic carbocycles. The third-order valence-electron chi connectivity index (χ3n) is 1.74. The van der Waals surface area contributed by atoms with Crippen LogP contribution >= 0.6 is 20.2 Å². The Morgan fingerprint density at radius 1 is 1.45 bits per heavy atom. The molecular formula is C12H18Cl2CuN4S. The van der Waals surface area contributed by atoms with Gasteiger partial charge in [0, 0.05) is 17.4 Å². The molecule has 0 aliphatic rings. The average Bonchev–Trinajstić information content (AvgIpc) is 2.27. The van der Waals surface area contributed by atoms with Crippen molar-refractivity contribution in [2.75, 3.05) is 0 Å². The Bertz CT molecular complexity index is 449. The second-order valence-electron chi connectivity index (χ2n) is 4.79. The van der Waals surface area contributed by atoms with E-state index in [0.29, 0.717) is 5.11 Å². The van der Waals surface area contributed by atoms with Crippen LogP contribution in [0.25, 0.3) is 5.43 Å². The Morgan fingerprint density at radius 2 is 2.05 bits per heavy atom. The summed E-state index contributed by atoms with van der Waals surface area (Å²) in [6.07, 6.45) is 1.60. The molecule has 0 unspecified atom stereocenters. The summed E-state index contributed by atoms with van der Waals surface area (Å²) in [7, 11) is 9.34. The predicted molar refractivity (Wildman–Crippen MR) is 88.3 cm³/mol. The van der Waals surface area contributed by atoms with Crippen LogP contribution in [0.2, 0.25) is 0 Å². The van der Waals surface area contributed by atoms with Gasteiger partial charge in [0.15, 0.2) is 17.3 Å². The third-order valence-corrected chi connectivity index (χ3v) is 1.94. The van der Waals surface area contributed by atoms with E-state index >= 15 is 0 Å². The zero-order valence-corrected chi connectivity index (χ0v) is 15.0. The summed E-state index contributed by atoms with van der Waals surface area (Å²) >= 11 is 4.95. The molecule has 0 amide bonds. The molecule has 0 aliphatic heterocycles. The number of aryl methyl sites for hydroxylation is 1. The van der Waals surface area contributed by atoms with Crippen LogP contribution in [0, 0.1) is 6.92 Å². The van der Waals surface area contributed by atoms with Crippen LogP contribution in [0.5, 0.6) is 0 Å². The van der Waals surface area contributed by atoms with E-state index < -0.39 is 0 Å². The van der Waals surface area contributed by atoms with E-state index in [-0.39, 0.29) is 5.54 Å². The van der Waals surface area contributed by atoms with Gasteiger partial charge in [-0.05, 0) is 39.8 Å². The van der Waals surface area contributed by atoms with Crippen LogP contribution in [-0.4, -0.2) is 21.8 Å². The third kappa shape index (κ3) is 11.6. The molecule has 0 aromatic carbocycles. The van der Waals surface area contributed by atoms with Gasteiger partial charge in [-0.1, -0.05) is 6.07 Å². The second-order valence-corrected chi connectivity index (χ2v) is 6.77. The van der Waals surface area contributed by atoms with Crippen LogP contribution in [0.4, 0.5) is 0 Å². The van der Waals surface area contributed by atoms with Crippen LogP contribution in [-0.2, 0) is 25.4 Å². The van der Waals surface area contributed by atoms with Crippen molar-refractivity contribution in [3.8, 4) is 0 Å². The van der Waals surface area contributed by atoms with Gasteiger partial charge in [0.05, 0.1) is 5.69 Å². The first kappa shape index (κ1) is 19.8. The standard InChI is InChI=1S/C12H18N4S.2ClH.Cu/c1-9-6-5-7-10(14-9)8-13-16-11(17)15-12(2,3)4;;;/h5-8H,1-4H3,(H2,14,15,16,17);2*1H;/q;;;+2/p-2. The fraction of sp³-hybridized carbons (Fsp3) is 0.417. The number of hydrogen-bond acceptors (Lipinski definition) is 2. The van der Waals surface area contributed by atoms with Crippen molar-refractivity contribution in [1.29, 1.82) is 0 Å². The van der Waals surface area contributed by atoms with Crippen molar-refractivity contribution in [1.82, 2.24) is 10.3 Å². The molecule has 8 heteroatoms. The Balaban J connectivity index is 0.00000110. The van der Waals surface area contributed by atoms with Crippen molar-refractivity contribution in [3.63, 3.8) is 0 Å². The van der Waals surface area contributed by atoms with Gasteiger partial charge in [-0.2, -0.15) is 0 Å². The Kier molecular flexibility index (Phi) is 10.4. The van der Waals surface area contributed by atoms with Gasteiger partial charge in [0.2, 0.25) is 0 Å². The molecule has 1 aromatic rings. The van der Waals surface area contributed by atoms with E-state index in [4.69, 9.17) is 0 Å². The fourth-order valence-corrected chi connectivity index (χ4v) is 1.53.